The lowest BCUT2D eigenvalue weighted by molar-refractivity contribution is -0.136. The molecule has 1 aliphatic rings. The zero-order chi connectivity index (χ0) is 34.3. The van der Waals surface area contributed by atoms with Gasteiger partial charge < -0.3 is 30.7 Å². The van der Waals surface area contributed by atoms with Crippen LogP contribution in [0.25, 0.3) is 0 Å². The van der Waals surface area contributed by atoms with Crippen molar-refractivity contribution in [3.63, 3.8) is 0 Å². The Labute approximate surface area is 267 Å². The lowest BCUT2D eigenvalue weighted by Crippen LogP contribution is -2.32. The van der Waals surface area contributed by atoms with Gasteiger partial charge in [-0.15, -0.1) is 0 Å². The number of hydrogen-bond acceptors (Lipinski definition) is 7. The highest BCUT2D eigenvalue weighted by atomic mass is 16.5. The normalized spacial score (nSPS) is 13.7. The Morgan fingerprint density at radius 3 is 1.82 bits per heavy atom. The predicted molar refractivity (Wildman–Crippen MR) is 181 cm³/mol. The number of methoxy groups -OCH3 is 1. The summed E-state index contributed by atoms with van der Waals surface area (Å²) in [6.45, 7) is 22.4. The predicted octanol–water partition coefficient (Wildman–Crippen LogP) is 5.00. The summed E-state index contributed by atoms with van der Waals surface area (Å²) >= 11 is 0. The van der Waals surface area contributed by atoms with Crippen LogP contribution in [0, 0.1) is 0 Å². The van der Waals surface area contributed by atoms with E-state index >= 15 is 0 Å². The summed E-state index contributed by atoms with van der Waals surface area (Å²) < 4.78 is 9.88. The summed E-state index contributed by atoms with van der Waals surface area (Å²) in [6.07, 6.45) is 15.2. The van der Waals surface area contributed by atoms with Crippen molar-refractivity contribution in [2.75, 3.05) is 40.9 Å². The molecule has 2 atom stereocenters. The topological polar surface area (TPSA) is 140 Å². The van der Waals surface area contributed by atoms with E-state index in [1.807, 2.05) is 25.9 Å². The van der Waals surface area contributed by atoms with Crippen molar-refractivity contribution < 1.29 is 28.7 Å². The van der Waals surface area contributed by atoms with Crippen LogP contribution >= 0.6 is 0 Å². The first kappa shape index (κ1) is 45.2. The molecule has 0 spiro atoms. The van der Waals surface area contributed by atoms with E-state index in [1.54, 1.807) is 0 Å². The molecule has 254 valence electrons. The molecule has 1 fully saturated rings. The third-order valence-corrected chi connectivity index (χ3v) is 6.60. The minimum Gasteiger partial charge on any atom is -0.466 e. The van der Waals surface area contributed by atoms with Crippen LogP contribution in [0.15, 0.2) is 49.6 Å². The van der Waals surface area contributed by atoms with Gasteiger partial charge >= 0.3 is 5.97 Å². The van der Waals surface area contributed by atoms with Crippen molar-refractivity contribution in [1.29, 1.82) is 0 Å². The van der Waals surface area contributed by atoms with Crippen LogP contribution < -0.4 is 16.4 Å². The van der Waals surface area contributed by atoms with Gasteiger partial charge in [-0.2, -0.15) is 0 Å². The minimum absolute atomic E-state index is 0.0255. The van der Waals surface area contributed by atoms with E-state index in [9.17, 15) is 19.2 Å². The molecule has 0 bridgehead atoms. The second-order valence-electron chi connectivity index (χ2n) is 10.6. The third kappa shape index (κ3) is 28.9. The number of rotatable bonds is 18. The Morgan fingerprint density at radius 1 is 0.932 bits per heavy atom. The molecule has 0 saturated carbocycles. The Kier molecular flexibility index (Phi) is 32.0. The van der Waals surface area contributed by atoms with E-state index in [4.69, 9.17) is 10.5 Å². The lowest BCUT2D eigenvalue weighted by atomic mass is 10.1. The molecule has 44 heavy (non-hydrogen) atoms. The highest BCUT2D eigenvalue weighted by molar-refractivity contribution is 5.92. The quantitative estimate of drug-likeness (QED) is 0.111. The summed E-state index contributed by atoms with van der Waals surface area (Å²) in [5.74, 6) is -0.899. The van der Waals surface area contributed by atoms with Crippen LogP contribution in [0.1, 0.15) is 91.4 Å². The van der Waals surface area contributed by atoms with Crippen molar-refractivity contribution in [2.45, 2.75) is 104 Å². The standard InChI is InChI=1S/C11H21NO.C9H14O3.C7H14N2O.C7H13NO/c1-3-5-6-7-8-9-10-12-11(13)4-2;1-7(9(10)11-2)6-8-4-3-5-12-8;1-5(7(8)10)6(2)9(3)4;1-3-5-6-8-7(9)4-2/h4H,2-3,5-10H2,1H3,(H,12,13);8H,1,3-6H2,2H3;6H,1H2,2-4H3,(H2,8,10);4H,2-3,5-6H2,1H3,(H,8,9). The summed E-state index contributed by atoms with van der Waals surface area (Å²) in [5.41, 5.74) is 5.96. The molecule has 0 aliphatic carbocycles. The van der Waals surface area contributed by atoms with Gasteiger partial charge in [0.1, 0.15) is 0 Å². The van der Waals surface area contributed by atoms with Gasteiger partial charge in [-0.05, 0) is 58.9 Å². The molecule has 1 saturated heterocycles. The monoisotopic (exact) mass is 622 g/mol. The first-order valence-electron chi connectivity index (χ1n) is 15.7. The molecule has 10 nitrogen and oxygen atoms in total. The van der Waals surface area contributed by atoms with Gasteiger partial charge in [0, 0.05) is 43.3 Å². The van der Waals surface area contributed by atoms with Crippen LogP contribution in [-0.4, -0.2) is 81.6 Å². The maximum atomic E-state index is 10.9. The van der Waals surface area contributed by atoms with Gasteiger partial charge in [0.15, 0.2) is 0 Å². The molecule has 3 amide bonds. The van der Waals surface area contributed by atoms with Gasteiger partial charge in [-0.3, -0.25) is 14.4 Å². The molecule has 0 aromatic heterocycles. The number of esters is 1. The van der Waals surface area contributed by atoms with Gasteiger partial charge in [-0.1, -0.05) is 78.7 Å². The number of nitrogens with one attached hydrogen (secondary N) is 2. The Morgan fingerprint density at radius 2 is 1.43 bits per heavy atom. The van der Waals surface area contributed by atoms with Crippen molar-refractivity contribution in [3.05, 3.63) is 49.6 Å². The Bertz CT molecular complexity index is 851. The number of unbranched alkanes of at least 4 members (excludes halogenated alkanes) is 6. The number of carbonyl (C=O) groups is 4. The molecule has 0 radical (unpaired) electrons. The van der Waals surface area contributed by atoms with Crippen molar-refractivity contribution in [1.82, 2.24) is 15.5 Å². The number of ether oxygens (including phenoxy) is 2. The molecule has 4 N–H and O–H groups in total. The van der Waals surface area contributed by atoms with Crippen LogP contribution in [0.3, 0.4) is 0 Å². The Balaban J connectivity index is -0.000000515. The number of carbonyl (C=O) groups excluding carboxylic acids is 4. The maximum Gasteiger partial charge on any atom is 0.333 e. The zero-order valence-electron chi connectivity index (χ0n) is 28.5. The van der Waals surface area contributed by atoms with E-state index in [-0.39, 0.29) is 29.9 Å². The zero-order valence-corrected chi connectivity index (χ0v) is 28.5. The molecule has 0 aromatic rings. The number of likely N-dealkylation sites (N-methyl/N-ethyl adjacent to an activating group) is 1. The Hall–Kier alpha value is -3.24. The van der Waals surface area contributed by atoms with E-state index in [0.29, 0.717) is 17.6 Å². The number of primary amides is 1. The van der Waals surface area contributed by atoms with Crippen LogP contribution in [-0.2, 0) is 28.7 Å². The van der Waals surface area contributed by atoms with Gasteiger partial charge in [-0.25, -0.2) is 4.79 Å². The fourth-order valence-electron chi connectivity index (χ4n) is 3.47. The van der Waals surface area contributed by atoms with Gasteiger partial charge in [0.25, 0.3) is 0 Å². The SMILES string of the molecule is C=C(C(N)=O)C(C)N(C)C.C=C(CC1CCCO1)C(=O)OC.C=CC(=O)NCCCC.C=CC(=O)NCCCCCCCC. The number of nitrogens with two attached hydrogens (primary N) is 1. The molecule has 2 unspecified atom stereocenters. The van der Waals surface area contributed by atoms with Crippen LogP contribution in [0.5, 0.6) is 0 Å². The second-order valence-corrected chi connectivity index (χ2v) is 10.6. The van der Waals surface area contributed by atoms with Crippen molar-refractivity contribution in [2.24, 2.45) is 5.73 Å². The molecule has 1 rings (SSSR count). The average molecular weight is 623 g/mol. The fraction of sp³-hybridized carbons (Fsp3) is 0.647. The molecule has 1 heterocycles. The summed E-state index contributed by atoms with van der Waals surface area (Å²) in [4.78, 5) is 44.5. The third-order valence-electron chi connectivity index (χ3n) is 6.60. The molecule has 0 aromatic carbocycles. The van der Waals surface area contributed by atoms with Gasteiger partial charge in [0.2, 0.25) is 17.7 Å². The van der Waals surface area contributed by atoms with Gasteiger partial charge in [0.05, 0.1) is 13.2 Å². The number of hydrogen-bond donors (Lipinski definition) is 3. The fourth-order valence-corrected chi connectivity index (χ4v) is 3.47. The van der Waals surface area contributed by atoms with Crippen molar-refractivity contribution in [3.8, 4) is 0 Å². The lowest BCUT2D eigenvalue weighted by Gasteiger charge is -2.19. The van der Waals surface area contributed by atoms with Crippen LogP contribution in [0.2, 0.25) is 0 Å². The number of nitrogens with zero attached hydrogens (tertiary/aromatic N) is 1. The van der Waals surface area contributed by atoms with Crippen LogP contribution in [0.4, 0.5) is 0 Å². The highest BCUT2D eigenvalue weighted by Gasteiger charge is 2.19. The number of amides is 3. The summed E-state index contributed by atoms with van der Waals surface area (Å²) in [6, 6.07) is 0.0255. The first-order chi connectivity index (χ1) is 20.8. The summed E-state index contributed by atoms with van der Waals surface area (Å²) in [5, 5.41) is 5.44. The molecule has 1 aliphatic heterocycles. The molecular weight excluding hydrogens is 560 g/mol. The van der Waals surface area contributed by atoms with E-state index in [2.05, 4.69) is 55.5 Å². The average Bonchev–Trinajstić information content (AvgIpc) is 3.53. The second kappa shape index (κ2) is 31.2. The highest BCUT2D eigenvalue weighted by Crippen LogP contribution is 2.19. The van der Waals surface area contributed by atoms with E-state index in [0.717, 1.165) is 51.8 Å². The molecule has 10 heteroatoms. The molecular formula is C34H62N4O6. The summed E-state index contributed by atoms with van der Waals surface area (Å²) in [7, 11) is 5.11. The maximum absolute atomic E-state index is 10.9. The smallest absolute Gasteiger partial charge is 0.333 e. The van der Waals surface area contributed by atoms with Crippen molar-refractivity contribution >= 4 is 23.7 Å². The largest absolute Gasteiger partial charge is 0.466 e. The first-order valence-corrected chi connectivity index (χ1v) is 15.7. The minimum atomic E-state index is -0.429. The van der Waals surface area contributed by atoms with E-state index in [1.165, 1.54) is 51.4 Å². The van der Waals surface area contributed by atoms with E-state index < -0.39 is 5.91 Å².